The van der Waals surface area contributed by atoms with E-state index in [4.69, 9.17) is 9.84 Å². The summed E-state index contributed by atoms with van der Waals surface area (Å²) in [6.07, 6.45) is 0. The summed E-state index contributed by atoms with van der Waals surface area (Å²) in [7, 11) is 2.09. The zero-order valence-corrected chi connectivity index (χ0v) is 11.9. The average Bonchev–Trinajstić information content (AvgIpc) is 2.47. The summed E-state index contributed by atoms with van der Waals surface area (Å²) in [5, 5.41) is 8.86. The molecule has 0 aromatic heterocycles. The molecule has 1 fully saturated rings. The monoisotopic (exact) mass is 278 g/mol. The Morgan fingerprint density at radius 2 is 1.95 bits per heavy atom. The molecular formula is C15H22N2O3. The van der Waals surface area contributed by atoms with E-state index in [0.29, 0.717) is 5.56 Å². The van der Waals surface area contributed by atoms with Gasteiger partial charge in [-0.15, -0.1) is 0 Å². The number of benzene rings is 1. The van der Waals surface area contributed by atoms with Crippen molar-refractivity contribution in [3.8, 4) is 0 Å². The van der Waals surface area contributed by atoms with Crippen molar-refractivity contribution in [2.75, 3.05) is 46.4 Å². The van der Waals surface area contributed by atoms with Crippen LogP contribution < -0.4 is 0 Å². The van der Waals surface area contributed by atoms with Crippen LogP contribution in [0.4, 0.5) is 0 Å². The lowest BCUT2D eigenvalue weighted by Gasteiger charge is -2.28. The number of nitrogens with zero attached hydrogens (tertiary/aromatic N) is 2. The molecule has 0 amide bonds. The zero-order chi connectivity index (χ0) is 14.4. The molecule has 1 aromatic carbocycles. The van der Waals surface area contributed by atoms with E-state index in [1.165, 1.54) is 0 Å². The Balaban J connectivity index is 1.75. The van der Waals surface area contributed by atoms with E-state index in [1.54, 1.807) is 12.1 Å². The number of carbonyl (C=O) groups is 1. The minimum absolute atomic E-state index is 0.338. The molecule has 110 valence electrons. The van der Waals surface area contributed by atoms with Crippen molar-refractivity contribution in [2.24, 2.45) is 0 Å². The van der Waals surface area contributed by atoms with Gasteiger partial charge in [0.25, 0.3) is 0 Å². The highest BCUT2D eigenvalue weighted by Gasteiger charge is 2.11. The van der Waals surface area contributed by atoms with Gasteiger partial charge < -0.3 is 14.7 Å². The third-order valence-electron chi connectivity index (χ3n) is 3.56. The normalized spacial score (nSPS) is 16.5. The number of carboxylic acids is 1. The molecule has 1 heterocycles. The fourth-order valence-electron chi connectivity index (χ4n) is 2.28. The van der Waals surface area contributed by atoms with Gasteiger partial charge in [0.1, 0.15) is 0 Å². The summed E-state index contributed by atoms with van der Waals surface area (Å²) in [5.41, 5.74) is 1.48. The summed E-state index contributed by atoms with van der Waals surface area (Å²) in [6.45, 7) is 6.58. The number of likely N-dealkylation sites (N-methyl/N-ethyl adjacent to an activating group) is 1. The maximum Gasteiger partial charge on any atom is 0.335 e. The number of rotatable bonds is 6. The second-order valence-corrected chi connectivity index (χ2v) is 5.19. The predicted octanol–water partition coefficient (Wildman–Crippen LogP) is 1.15. The minimum atomic E-state index is -0.878. The lowest BCUT2D eigenvalue weighted by atomic mass is 10.1. The molecule has 0 aliphatic carbocycles. The highest BCUT2D eigenvalue weighted by Crippen LogP contribution is 2.07. The van der Waals surface area contributed by atoms with Gasteiger partial charge in [-0.2, -0.15) is 0 Å². The van der Waals surface area contributed by atoms with E-state index < -0.39 is 5.97 Å². The van der Waals surface area contributed by atoms with E-state index in [0.717, 1.165) is 51.5 Å². The molecular weight excluding hydrogens is 256 g/mol. The van der Waals surface area contributed by atoms with Crippen molar-refractivity contribution >= 4 is 5.97 Å². The van der Waals surface area contributed by atoms with Crippen LogP contribution in [0.5, 0.6) is 0 Å². The van der Waals surface area contributed by atoms with Crippen LogP contribution in [-0.2, 0) is 11.3 Å². The van der Waals surface area contributed by atoms with Crippen LogP contribution in [0.3, 0.4) is 0 Å². The third kappa shape index (κ3) is 4.59. The van der Waals surface area contributed by atoms with Gasteiger partial charge in [0.15, 0.2) is 0 Å². The Morgan fingerprint density at radius 1 is 1.30 bits per heavy atom. The Bertz CT molecular complexity index is 427. The standard InChI is InChI=1S/C15H22N2O3/c1-16(6-7-17-8-10-20-11-9-17)12-13-2-4-14(5-3-13)15(18)19/h2-5H,6-12H2,1H3,(H,18,19). The fraction of sp³-hybridized carbons (Fsp3) is 0.533. The van der Waals surface area contributed by atoms with E-state index in [9.17, 15) is 4.79 Å². The molecule has 0 bridgehead atoms. The molecule has 5 heteroatoms. The van der Waals surface area contributed by atoms with Crippen LogP contribution in [0.2, 0.25) is 0 Å². The first-order valence-electron chi connectivity index (χ1n) is 6.96. The molecule has 1 aliphatic rings. The zero-order valence-electron chi connectivity index (χ0n) is 11.9. The highest BCUT2D eigenvalue weighted by atomic mass is 16.5. The van der Waals surface area contributed by atoms with Crippen LogP contribution in [0.1, 0.15) is 15.9 Å². The largest absolute Gasteiger partial charge is 0.478 e. The van der Waals surface area contributed by atoms with Crippen molar-refractivity contribution in [3.63, 3.8) is 0 Å². The van der Waals surface area contributed by atoms with E-state index in [-0.39, 0.29) is 0 Å². The summed E-state index contributed by atoms with van der Waals surface area (Å²) in [5.74, 6) is -0.878. The highest BCUT2D eigenvalue weighted by molar-refractivity contribution is 5.87. The van der Waals surface area contributed by atoms with Crippen LogP contribution in [0.15, 0.2) is 24.3 Å². The SMILES string of the molecule is CN(CCN1CCOCC1)Cc1ccc(C(=O)O)cc1. The first-order valence-corrected chi connectivity index (χ1v) is 6.96. The van der Waals surface area contributed by atoms with E-state index >= 15 is 0 Å². The fourth-order valence-corrected chi connectivity index (χ4v) is 2.28. The molecule has 20 heavy (non-hydrogen) atoms. The van der Waals surface area contributed by atoms with E-state index in [1.807, 2.05) is 12.1 Å². The van der Waals surface area contributed by atoms with Gasteiger partial charge in [0.05, 0.1) is 18.8 Å². The number of ether oxygens (including phenoxy) is 1. The molecule has 1 N–H and O–H groups in total. The topological polar surface area (TPSA) is 53.0 Å². The molecule has 1 aliphatic heterocycles. The molecule has 0 saturated carbocycles. The summed E-state index contributed by atoms with van der Waals surface area (Å²) >= 11 is 0. The van der Waals surface area contributed by atoms with Crippen molar-refractivity contribution < 1.29 is 14.6 Å². The van der Waals surface area contributed by atoms with Crippen molar-refractivity contribution in [2.45, 2.75) is 6.54 Å². The molecule has 0 unspecified atom stereocenters. The Kier molecular flexibility index (Phi) is 5.52. The van der Waals surface area contributed by atoms with E-state index in [2.05, 4.69) is 16.8 Å². The number of carboxylic acid groups (broad SMARTS) is 1. The first-order chi connectivity index (χ1) is 9.65. The van der Waals surface area contributed by atoms with Crippen LogP contribution in [0.25, 0.3) is 0 Å². The van der Waals surface area contributed by atoms with Gasteiger partial charge in [0, 0.05) is 32.7 Å². The Labute approximate surface area is 119 Å². The van der Waals surface area contributed by atoms with Gasteiger partial charge >= 0.3 is 5.97 Å². The lowest BCUT2D eigenvalue weighted by Crippen LogP contribution is -2.40. The predicted molar refractivity (Wildman–Crippen MR) is 77.0 cm³/mol. The van der Waals surface area contributed by atoms with Crippen molar-refractivity contribution in [3.05, 3.63) is 35.4 Å². The number of aromatic carboxylic acids is 1. The lowest BCUT2D eigenvalue weighted by molar-refractivity contribution is 0.0342. The first kappa shape index (κ1) is 15.0. The van der Waals surface area contributed by atoms with Crippen molar-refractivity contribution in [1.29, 1.82) is 0 Å². The number of morpholine rings is 1. The number of hydrogen-bond donors (Lipinski definition) is 1. The smallest absolute Gasteiger partial charge is 0.335 e. The van der Waals surface area contributed by atoms with Gasteiger partial charge in [0.2, 0.25) is 0 Å². The molecule has 1 aromatic rings. The van der Waals surface area contributed by atoms with Gasteiger partial charge in [-0.1, -0.05) is 12.1 Å². The second kappa shape index (κ2) is 7.38. The van der Waals surface area contributed by atoms with Gasteiger partial charge in [-0.25, -0.2) is 4.79 Å². The Morgan fingerprint density at radius 3 is 2.55 bits per heavy atom. The maximum absolute atomic E-state index is 10.8. The van der Waals surface area contributed by atoms with Crippen LogP contribution in [-0.4, -0.2) is 67.3 Å². The average molecular weight is 278 g/mol. The van der Waals surface area contributed by atoms with Gasteiger partial charge in [-0.3, -0.25) is 4.90 Å². The molecule has 5 nitrogen and oxygen atoms in total. The summed E-state index contributed by atoms with van der Waals surface area (Å²) in [4.78, 5) is 15.5. The minimum Gasteiger partial charge on any atom is -0.478 e. The molecule has 1 saturated heterocycles. The maximum atomic E-state index is 10.8. The summed E-state index contributed by atoms with van der Waals surface area (Å²) in [6, 6.07) is 7.09. The van der Waals surface area contributed by atoms with Crippen molar-refractivity contribution in [1.82, 2.24) is 9.80 Å². The number of hydrogen-bond acceptors (Lipinski definition) is 4. The third-order valence-corrected chi connectivity index (χ3v) is 3.56. The molecule has 2 rings (SSSR count). The molecule has 0 spiro atoms. The van der Waals surface area contributed by atoms with Crippen LogP contribution >= 0.6 is 0 Å². The van der Waals surface area contributed by atoms with Crippen LogP contribution in [0, 0.1) is 0 Å². The molecule has 0 atom stereocenters. The quantitative estimate of drug-likeness (QED) is 0.846. The molecule has 0 radical (unpaired) electrons. The van der Waals surface area contributed by atoms with Gasteiger partial charge in [-0.05, 0) is 24.7 Å². The Hall–Kier alpha value is -1.43. The second-order valence-electron chi connectivity index (χ2n) is 5.19. The summed E-state index contributed by atoms with van der Waals surface area (Å²) < 4.78 is 5.33.